The molecule has 0 bridgehead atoms. The van der Waals surface area contributed by atoms with Gasteiger partial charge in [-0.25, -0.2) is 15.0 Å². The lowest BCUT2D eigenvalue weighted by Crippen LogP contribution is -2.40. The van der Waals surface area contributed by atoms with E-state index in [-0.39, 0.29) is 17.2 Å². The Balaban J connectivity index is 1.44. The largest absolute Gasteiger partial charge is 0.416 e. The quantitative estimate of drug-likeness (QED) is 0.334. The number of rotatable bonds is 7. The van der Waals surface area contributed by atoms with E-state index >= 15 is 0 Å². The Morgan fingerprint density at radius 2 is 2.02 bits per heavy atom. The normalized spacial score (nSPS) is 16.4. The van der Waals surface area contributed by atoms with Gasteiger partial charge < -0.3 is 20.5 Å². The number of nitrogens with two attached hydrogens (primary N) is 1. The highest BCUT2D eigenvalue weighted by atomic mass is 35.5. The van der Waals surface area contributed by atoms with Crippen molar-refractivity contribution in [2.45, 2.75) is 12.3 Å². The molecule has 40 heavy (non-hydrogen) atoms. The summed E-state index contributed by atoms with van der Waals surface area (Å²) in [6.45, 7) is 3.16. The number of hydrogen-bond acceptors (Lipinski definition) is 8. The van der Waals surface area contributed by atoms with Crippen molar-refractivity contribution in [3.8, 4) is 11.3 Å². The van der Waals surface area contributed by atoms with Crippen molar-refractivity contribution in [1.29, 1.82) is 0 Å². The van der Waals surface area contributed by atoms with Crippen LogP contribution in [-0.2, 0) is 15.7 Å². The molecule has 0 unspecified atom stereocenters. The summed E-state index contributed by atoms with van der Waals surface area (Å²) in [4.78, 5) is 27.8. The minimum atomic E-state index is -4.55. The fourth-order valence-corrected chi connectivity index (χ4v) is 4.69. The molecule has 1 amide bonds. The number of benzene rings is 1. The smallest absolute Gasteiger partial charge is 0.383 e. The second-order valence-electron chi connectivity index (χ2n) is 9.08. The van der Waals surface area contributed by atoms with E-state index in [4.69, 9.17) is 31.8 Å². The van der Waals surface area contributed by atoms with Crippen LogP contribution in [0.2, 0.25) is 5.15 Å². The molecule has 5 rings (SSSR count). The van der Waals surface area contributed by atoms with Gasteiger partial charge in [-0.3, -0.25) is 14.1 Å². The van der Waals surface area contributed by atoms with Gasteiger partial charge in [0.15, 0.2) is 0 Å². The van der Waals surface area contributed by atoms with Crippen molar-refractivity contribution >= 4 is 34.7 Å². The predicted molar refractivity (Wildman–Crippen MR) is 142 cm³/mol. The average molecular weight is 576 g/mol. The van der Waals surface area contributed by atoms with Crippen LogP contribution in [-0.4, -0.2) is 70.1 Å². The Labute approximate surface area is 231 Å². The predicted octanol–water partition coefficient (Wildman–Crippen LogP) is 4.32. The van der Waals surface area contributed by atoms with Crippen molar-refractivity contribution in [3.63, 3.8) is 0 Å². The van der Waals surface area contributed by atoms with E-state index in [1.54, 1.807) is 23.6 Å². The maximum absolute atomic E-state index is 13.0. The molecule has 1 aromatic carbocycles. The number of nitrogens with one attached hydrogen (secondary N) is 1. The van der Waals surface area contributed by atoms with Crippen LogP contribution >= 0.6 is 11.6 Å². The molecular weight excluding hydrogens is 551 g/mol. The number of nitrogens with zero attached hydrogens (tertiary/aromatic N) is 5. The Hall–Kier alpha value is -3.78. The van der Waals surface area contributed by atoms with E-state index in [1.165, 1.54) is 18.3 Å². The maximum Gasteiger partial charge on any atom is 0.416 e. The van der Waals surface area contributed by atoms with E-state index in [2.05, 4.69) is 20.2 Å². The molecule has 4 aromatic rings. The number of fused-ring (bicyclic) bond motifs is 1. The minimum absolute atomic E-state index is 0.209. The molecule has 10 nitrogen and oxygen atoms in total. The third-order valence-corrected chi connectivity index (χ3v) is 6.74. The van der Waals surface area contributed by atoms with Gasteiger partial charge in [0.25, 0.3) is 5.91 Å². The van der Waals surface area contributed by atoms with Crippen LogP contribution in [0.15, 0.2) is 48.8 Å². The summed E-state index contributed by atoms with van der Waals surface area (Å²) in [5.74, 6) is -0.0646. The van der Waals surface area contributed by atoms with Crippen LogP contribution < -0.4 is 11.1 Å². The molecule has 1 aliphatic heterocycles. The first kappa shape index (κ1) is 27.8. The van der Waals surface area contributed by atoms with Gasteiger partial charge in [-0.2, -0.15) is 13.2 Å². The van der Waals surface area contributed by atoms with Gasteiger partial charge in [0.05, 0.1) is 25.0 Å². The van der Waals surface area contributed by atoms with Gasteiger partial charge in [0.1, 0.15) is 39.9 Å². The van der Waals surface area contributed by atoms with E-state index < -0.39 is 23.8 Å². The van der Waals surface area contributed by atoms with Crippen molar-refractivity contribution in [3.05, 3.63) is 70.9 Å². The molecule has 0 spiro atoms. The number of hydrogen-bond donors (Lipinski definition) is 2. The third kappa shape index (κ3) is 5.72. The number of methoxy groups -OCH3 is 1. The van der Waals surface area contributed by atoms with Crippen LogP contribution in [0.3, 0.4) is 0 Å². The summed E-state index contributed by atoms with van der Waals surface area (Å²) in [7, 11) is 1.65. The number of anilines is 2. The highest BCUT2D eigenvalue weighted by Crippen LogP contribution is 2.35. The van der Waals surface area contributed by atoms with E-state index in [9.17, 15) is 18.0 Å². The van der Waals surface area contributed by atoms with Crippen LogP contribution in [0.4, 0.5) is 24.8 Å². The van der Waals surface area contributed by atoms with Crippen LogP contribution in [0.1, 0.15) is 27.8 Å². The van der Waals surface area contributed by atoms with Crippen molar-refractivity contribution in [2.75, 3.05) is 51.0 Å². The molecule has 1 aliphatic rings. The van der Waals surface area contributed by atoms with Crippen molar-refractivity contribution < 1.29 is 27.4 Å². The summed E-state index contributed by atoms with van der Waals surface area (Å²) in [6.07, 6.45) is -2.52. The molecule has 3 aromatic heterocycles. The number of alkyl halides is 3. The first-order valence-electron chi connectivity index (χ1n) is 12.3. The molecular formula is C26H25ClF3N7O3. The Morgan fingerprint density at radius 3 is 2.75 bits per heavy atom. The number of pyridine rings is 1. The topological polar surface area (TPSA) is 120 Å². The van der Waals surface area contributed by atoms with Gasteiger partial charge in [-0.15, -0.1) is 0 Å². The SMILES string of the molecule is COCCN1CCO[C@@H](c2nc(-c3ccc(C(=O)Nc4cc(C(F)(F)F)ccn4)cc3)c3c(N)ncc(Cl)n23)C1. The maximum atomic E-state index is 13.0. The number of imidazole rings is 1. The average Bonchev–Trinajstić information content (AvgIpc) is 3.36. The molecule has 1 saturated heterocycles. The number of amides is 1. The molecule has 1 fully saturated rings. The molecule has 210 valence electrons. The molecule has 14 heteroatoms. The summed E-state index contributed by atoms with van der Waals surface area (Å²) in [5, 5.41) is 2.70. The number of carbonyl (C=O) groups is 1. The second kappa shape index (κ2) is 11.4. The standard InChI is InChI=1S/C26H25ClF3N7O3/c1-39-10-8-36-9-11-40-18(14-36)24-35-21(22-23(31)33-13-19(27)37(22)24)15-2-4-16(5-3-15)25(38)34-20-12-17(6-7-32-20)26(28,29)30/h2-7,12-13,18H,8-11,14H2,1H3,(H2,31,33)(H,32,34,38)/t18-/m1/s1. The number of carbonyl (C=O) groups excluding carboxylic acids is 1. The van der Waals surface area contributed by atoms with Crippen LogP contribution in [0, 0.1) is 0 Å². The zero-order valence-electron chi connectivity index (χ0n) is 21.3. The summed E-state index contributed by atoms with van der Waals surface area (Å²) in [6, 6.07) is 7.98. The van der Waals surface area contributed by atoms with E-state index in [1.807, 2.05) is 0 Å². The Morgan fingerprint density at radius 1 is 1.25 bits per heavy atom. The lowest BCUT2D eigenvalue weighted by molar-refractivity contribution is -0.137. The molecule has 1 atom stereocenters. The van der Waals surface area contributed by atoms with E-state index in [0.717, 1.165) is 31.4 Å². The number of ether oxygens (including phenoxy) is 2. The number of morpholine rings is 1. The van der Waals surface area contributed by atoms with Crippen LogP contribution in [0.5, 0.6) is 0 Å². The zero-order valence-corrected chi connectivity index (χ0v) is 22.0. The Kier molecular flexibility index (Phi) is 7.90. The van der Waals surface area contributed by atoms with Gasteiger partial charge in [-0.05, 0) is 24.3 Å². The molecule has 0 aliphatic carbocycles. The minimum Gasteiger partial charge on any atom is -0.383 e. The van der Waals surface area contributed by atoms with Crippen molar-refractivity contribution in [2.24, 2.45) is 0 Å². The molecule has 4 heterocycles. The highest BCUT2D eigenvalue weighted by Gasteiger charge is 2.31. The van der Waals surface area contributed by atoms with Gasteiger partial charge in [0, 0.05) is 44.1 Å². The zero-order chi connectivity index (χ0) is 28.4. The number of nitrogen functional groups attached to an aromatic ring is 1. The monoisotopic (exact) mass is 575 g/mol. The fourth-order valence-electron chi connectivity index (χ4n) is 4.47. The highest BCUT2D eigenvalue weighted by molar-refractivity contribution is 6.30. The molecule has 0 radical (unpaired) electrons. The number of aromatic nitrogens is 4. The van der Waals surface area contributed by atoms with Gasteiger partial charge in [-0.1, -0.05) is 23.7 Å². The summed E-state index contributed by atoms with van der Waals surface area (Å²) < 4.78 is 52.0. The number of halogens is 4. The first-order chi connectivity index (χ1) is 19.2. The van der Waals surface area contributed by atoms with Crippen LogP contribution in [0.25, 0.3) is 16.8 Å². The van der Waals surface area contributed by atoms with Gasteiger partial charge >= 0.3 is 6.18 Å². The third-order valence-electron chi connectivity index (χ3n) is 6.47. The summed E-state index contributed by atoms with van der Waals surface area (Å²) in [5.41, 5.74) is 7.16. The summed E-state index contributed by atoms with van der Waals surface area (Å²) >= 11 is 6.54. The second-order valence-corrected chi connectivity index (χ2v) is 9.47. The lowest BCUT2D eigenvalue weighted by Gasteiger charge is -2.32. The van der Waals surface area contributed by atoms with Crippen molar-refractivity contribution in [1.82, 2.24) is 24.3 Å². The lowest BCUT2D eigenvalue weighted by atomic mass is 10.1. The first-order valence-corrected chi connectivity index (χ1v) is 12.6. The molecule has 3 N–H and O–H groups in total. The van der Waals surface area contributed by atoms with Gasteiger partial charge in [0.2, 0.25) is 0 Å². The fraction of sp³-hybridized carbons (Fsp3) is 0.308. The molecule has 0 saturated carbocycles. The Bertz CT molecular complexity index is 1530. The van der Waals surface area contributed by atoms with E-state index in [0.29, 0.717) is 47.5 Å².